The van der Waals surface area contributed by atoms with Gasteiger partial charge in [0.15, 0.2) is 15.0 Å². The second-order valence-corrected chi connectivity index (χ2v) is 10.1. The smallest absolute Gasteiger partial charge is 0.227 e. The summed E-state index contributed by atoms with van der Waals surface area (Å²) < 4.78 is 24.3. The predicted octanol–water partition coefficient (Wildman–Crippen LogP) is 4.86. The Balaban J connectivity index is 1.56. The molecule has 0 radical (unpaired) electrons. The number of amides is 1. The highest BCUT2D eigenvalue weighted by Gasteiger charge is 2.19. The summed E-state index contributed by atoms with van der Waals surface area (Å²) in [7, 11) is -3.29. The van der Waals surface area contributed by atoms with Crippen LogP contribution in [0.15, 0.2) is 83.8 Å². The van der Waals surface area contributed by atoms with Gasteiger partial charge in [-0.3, -0.25) is 4.79 Å². The molecule has 0 saturated heterocycles. The van der Waals surface area contributed by atoms with Crippen LogP contribution in [0.5, 0.6) is 0 Å². The van der Waals surface area contributed by atoms with Crippen molar-refractivity contribution in [2.24, 2.45) is 0 Å². The van der Waals surface area contributed by atoms with E-state index in [2.05, 4.69) is 10.3 Å². The van der Waals surface area contributed by atoms with E-state index in [9.17, 15) is 13.2 Å². The van der Waals surface area contributed by atoms with Crippen LogP contribution in [0, 0.1) is 0 Å². The van der Waals surface area contributed by atoms with Gasteiger partial charge in [-0.25, -0.2) is 13.4 Å². The van der Waals surface area contributed by atoms with E-state index < -0.39 is 9.84 Å². The lowest BCUT2D eigenvalue weighted by Crippen LogP contribution is -2.16. The van der Waals surface area contributed by atoms with Gasteiger partial charge in [0.05, 0.1) is 15.1 Å². The minimum absolute atomic E-state index is 0.0707. The van der Waals surface area contributed by atoms with Gasteiger partial charge in [-0.1, -0.05) is 72.0 Å². The number of hydrogen-bond acceptors (Lipinski definition) is 5. The fraction of sp³-hybridized carbons (Fsp3) is 0.130. The van der Waals surface area contributed by atoms with Gasteiger partial charge < -0.3 is 5.32 Å². The molecule has 0 saturated carbocycles. The van der Waals surface area contributed by atoms with E-state index in [4.69, 9.17) is 0 Å². The molecule has 1 N–H and O–H groups in total. The average molecular weight is 437 g/mol. The molecule has 1 heterocycles. The van der Waals surface area contributed by atoms with Crippen LogP contribution in [0.2, 0.25) is 0 Å². The van der Waals surface area contributed by atoms with E-state index in [1.165, 1.54) is 23.7 Å². The fourth-order valence-electron chi connectivity index (χ4n) is 3.34. The van der Waals surface area contributed by atoms with Crippen molar-refractivity contribution in [3.05, 3.63) is 90.0 Å². The summed E-state index contributed by atoms with van der Waals surface area (Å²) in [6.45, 7) is 0. The molecule has 152 valence electrons. The maximum absolute atomic E-state index is 12.8. The predicted molar refractivity (Wildman–Crippen MR) is 121 cm³/mol. The highest BCUT2D eigenvalue weighted by molar-refractivity contribution is 7.90. The third kappa shape index (κ3) is 4.58. The second kappa shape index (κ2) is 8.38. The highest BCUT2D eigenvalue weighted by atomic mass is 32.2. The quantitative estimate of drug-likeness (QED) is 0.468. The molecule has 0 fully saturated rings. The summed E-state index contributed by atoms with van der Waals surface area (Å²) in [5.41, 5.74) is 2.80. The van der Waals surface area contributed by atoms with Crippen LogP contribution in [0.4, 0.5) is 5.13 Å². The lowest BCUT2D eigenvalue weighted by atomic mass is 9.88. The number of aromatic nitrogens is 1. The molecule has 0 bridgehead atoms. The van der Waals surface area contributed by atoms with Crippen molar-refractivity contribution < 1.29 is 13.2 Å². The van der Waals surface area contributed by atoms with E-state index in [-0.39, 0.29) is 23.1 Å². The van der Waals surface area contributed by atoms with Gasteiger partial charge in [0, 0.05) is 18.6 Å². The molecule has 0 spiro atoms. The van der Waals surface area contributed by atoms with E-state index >= 15 is 0 Å². The molecule has 0 unspecified atom stereocenters. The molecular formula is C23H20N2O3S2. The molecule has 1 aromatic heterocycles. The van der Waals surface area contributed by atoms with Crippen molar-refractivity contribution in [2.75, 3.05) is 11.6 Å². The Morgan fingerprint density at radius 3 is 2.13 bits per heavy atom. The number of anilines is 1. The summed E-state index contributed by atoms with van der Waals surface area (Å²) >= 11 is 1.27. The SMILES string of the molecule is CS(=O)(=O)c1ccc2nc(NC(=O)CC(c3ccccc3)c3ccccc3)sc2c1. The topological polar surface area (TPSA) is 76.1 Å². The number of carbonyl (C=O) groups excluding carboxylic acids is 1. The highest BCUT2D eigenvalue weighted by Crippen LogP contribution is 2.31. The maximum Gasteiger partial charge on any atom is 0.227 e. The van der Waals surface area contributed by atoms with Gasteiger partial charge in [0.25, 0.3) is 0 Å². The number of benzene rings is 3. The summed E-state index contributed by atoms with van der Waals surface area (Å²) in [6, 6.07) is 24.7. The van der Waals surface area contributed by atoms with Crippen molar-refractivity contribution in [2.45, 2.75) is 17.2 Å². The third-order valence-electron chi connectivity index (χ3n) is 4.83. The van der Waals surface area contributed by atoms with Gasteiger partial charge in [0.1, 0.15) is 0 Å². The van der Waals surface area contributed by atoms with Gasteiger partial charge in [-0.2, -0.15) is 0 Å². The van der Waals surface area contributed by atoms with Gasteiger partial charge in [0.2, 0.25) is 5.91 Å². The molecule has 0 atom stereocenters. The Bertz CT molecular complexity index is 1240. The molecule has 30 heavy (non-hydrogen) atoms. The molecule has 3 aromatic carbocycles. The first-order valence-electron chi connectivity index (χ1n) is 9.40. The minimum atomic E-state index is -3.29. The number of nitrogens with zero attached hydrogens (tertiary/aromatic N) is 1. The maximum atomic E-state index is 12.8. The first kappa shape index (κ1) is 20.3. The average Bonchev–Trinajstić information content (AvgIpc) is 3.14. The zero-order valence-corrected chi connectivity index (χ0v) is 17.9. The monoisotopic (exact) mass is 436 g/mol. The van der Waals surface area contributed by atoms with E-state index in [1.54, 1.807) is 12.1 Å². The molecule has 4 aromatic rings. The summed E-state index contributed by atoms with van der Waals surface area (Å²) in [6.07, 6.45) is 1.45. The Morgan fingerprint density at radius 2 is 1.57 bits per heavy atom. The number of hydrogen-bond donors (Lipinski definition) is 1. The van der Waals surface area contributed by atoms with Gasteiger partial charge in [-0.05, 0) is 29.3 Å². The van der Waals surface area contributed by atoms with Crippen LogP contribution < -0.4 is 5.32 Å². The zero-order chi connectivity index (χ0) is 21.1. The number of thiazole rings is 1. The Morgan fingerprint density at radius 1 is 0.967 bits per heavy atom. The number of nitrogens with one attached hydrogen (secondary N) is 1. The van der Waals surface area contributed by atoms with E-state index in [0.717, 1.165) is 15.8 Å². The van der Waals surface area contributed by atoms with Crippen molar-refractivity contribution in [1.82, 2.24) is 4.98 Å². The first-order valence-corrected chi connectivity index (χ1v) is 12.1. The first-order chi connectivity index (χ1) is 14.4. The lowest BCUT2D eigenvalue weighted by Gasteiger charge is -2.17. The second-order valence-electron chi connectivity index (χ2n) is 7.05. The van der Waals surface area contributed by atoms with Crippen LogP contribution in [-0.2, 0) is 14.6 Å². The normalized spacial score (nSPS) is 11.7. The molecule has 4 rings (SSSR count). The summed E-state index contributed by atoms with van der Waals surface area (Å²) in [5, 5.41) is 3.34. The van der Waals surface area contributed by atoms with E-state index in [0.29, 0.717) is 10.6 Å². The van der Waals surface area contributed by atoms with Crippen LogP contribution >= 0.6 is 11.3 Å². The zero-order valence-electron chi connectivity index (χ0n) is 16.3. The number of fused-ring (bicyclic) bond motifs is 1. The summed E-state index contributed by atoms with van der Waals surface area (Å²) in [4.78, 5) is 17.5. The molecule has 0 aliphatic heterocycles. The summed E-state index contributed by atoms with van der Waals surface area (Å²) in [5.74, 6) is -0.214. The molecule has 0 aliphatic rings. The van der Waals surface area contributed by atoms with Gasteiger partial charge >= 0.3 is 0 Å². The van der Waals surface area contributed by atoms with Crippen molar-refractivity contribution in [3.8, 4) is 0 Å². The Labute approximate surface area is 179 Å². The van der Waals surface area contributed by atoms with Crippen molar-refractivity contribution >= 4 is 42.4 Å². The van der Waals surface area contributed by atoms with Crippen molar-refractivity contribution in [1.29, 1.82) is 0 Å². The lowest BCUT2D eigenvalue weighted by molar-refractivity contribution is -0.116. The standard InChI is InChI=1S/C23H20N2O3S2/c1-30(27,28)18-12-13-20-21(14-18)29-23(24-20)25-22(26)15-19(16-8-4-2-5-9-16)17-10-6-3-7-11-17/h2-14,19H,15H2,1H3,(H,24,25,26). The van der Waals surface area contributed by atoms with Crippen LogP contribution in [0.25, 0.3) is 10.2 Å². The van der Waals surface area contributed by atoms with Gasteiger partial charge in [-0.15, -0.1) is 0 Å². The molecule has 7 heteroatoms. The molecule has 1 amide bonds. The largest absolute Gasteiger partial charge is 0.302 e. The molecular weight excluding hydrogens is 416 g/mol. The number of rotatable bonds is 6. The molecule has 5 nitrogen and oxygen atoms in total. The van der Waals surface area contributed by atoms with Crippen LogP contribution in [-0.4, -0.2) is 25.6 Å². The minimum Gasteiger partial charge on any atom is -0.302 e. The van der Waals surface area contributed by atoms with Crippen molar-refractivity contribution in [3.63, 3.8) is 0 Å². The number of sulfone groups is 1. The third-order valence-corrected chi connectivity index (χ3v) is 6.87. The van der Waals surface area contributed by atoms with Crippen LogP contribution in [0.1, 0.15) is 23.5 Å². The molecule has 0 aliphatic carbocycles. The van der Waals surface area contributed by atoms with E-state index in [1.807, 2.05) is 60.7 Å². The number of carbonyl (C=O) groups is 1. The Kier molecular flexibility index (Phi) is 5.65. The fourth-order valence-corrected chi connectivity index (χ4v) is 4.99. The van der Waals surface area contributed by atoms with Crippen LogP contribution in [0.3, 0.4) is 0 Å². The Hall–Kier alpha value is -3.03.